The van der Waals surface area contributed by atoms with Crippen LogP contribution in [0.4, 0.5) is 0 Å². The van der Waals surface area contributed by atoms with E-state index in [-0.39, 0.29) is 11.9 Å². The van der Waals surface area contributed by atoms with Crippen LogP contribution in [0.15, 0.2) is 28.7 Å². The van der Waals surface area contributed by atoms with Gasteiger partial charge in [-0.15, -0.1) is 0 Å². The Morgan fingerprint density at radius 1 is 1.40 bits per heavy atom. The summed E-state index contributed by atoms with van der Waals surface area (Å²) in [5.41, 5.74) is 1.30. The van der Waals surface area contributed by atoms with E-state index in [4.69, 9.17) is 0 Å². The van der Waals surface area contributed by atoms with Crippen LogP contribution in [-0.4, -0.2) is 11.9 Å². The minimum absolute atomic E-state index is 0.0401. The first-order valence-electron chi connectivity index (χ1n) is 5.09. The molecule has 0 saturated heterocycles. The largest absolute Gasteiger partial charge is 0.354 e. The van der Waals surface area contributed by atoms with Gasteiger partial charge in [0, 0.05) is 17.4 Å². The summed E-state index contributed by atoms with van der Waals surface area (Å²) in [5, 5.41) is 2.88. The second kappa shape index (κ2) is 5.91. The quantitative estimate of drug-likeness (QED) is 0.895. The zero-order chi connectivity index (χ0) is 11.3. The Labute approximate surface area is 99.2 Å². The van der Waals surface area contributed by atoms with Crippen molar-refractivity contribution in [3.8, 4) is 0 Å². The molecule has 1 aromatic rings. The number of carbonyl (C=O) groups excluding carboxylic acids is 1. The third-order valence-electron chi connectivity index (χ3n) is 2.23. The molecule has 0 radical (unpaired) electrons. The number of amides is 1. The summed E-state index contributed by atoms with van der Waals surface area (Å²) in [6, 6.07) is 8.53. The van der Waals surface area contributed by atoms with Crippen LogP contribution < -0.4 is 5.32 Å². The summed E-state index contributed by atoms with van der Waals surface area (Å²) >= 11 is 3.40. The molecule has 0 aliphatic heterocycles. The van der Waals surface area contributed by atoms with Gasteiger partial charge in [-0.2, -0.15) is 0 Å². The molecular weight excluding hydrogens is 254 g/mol. The maximum Gasteiger partial charge on any atom is 0.217 e. The van der Waals surface area contributed by atoms with E-state index in [1.807, 2.05) is 19.1 Å². The van der Waals surface area contributed by atoms with E-state index in [1.54, 1.807) is 6.92 Å². The van der Waals surface area contributed by atoms with Gasteiger partial charge in [0.05, 0.1) is 0 Å². The molecule has 0 saturated carbocycles. The Morgan fingerprint density at radius 3 is 2.53 bits per heavy atom. The molecular formula is C12H16BrNO. The van der Waals surface area contributed by atoms with Gasteiger partial charge in [0.25, 0.3) is 0 Å². The van der Waals surface area contributed by atoms with Crippen LogP contribution in [0.5, 0.6) is 0 Å². The molecule has 1 rings (SSSR count). The van der Waals surface area contributed by atoms with E-state index >= 15 is 0 Å². The average molecular weight is 270 g/mol. The van der Waals surface area contributed by atoms with E-state index < -0.39 is 0 Å². The summed E-state index contributed by atoms with van der Waals surface area (Å²) < 4.78 is 1.10. The number of carbonyl (C=O) groups is 1. The van der Waals surface area contributed by atoms with E-state index in [1.165, 1.54) is 5.56 Å². The predicted molar refractivity (Wildman–Crippen MR) is 65.7 cm³/mol. The number of hydrogen-bond acceptors (Lipinski definition) is 1. The third-order valence-corrected chi connectivity index (χ3v) is 2.76. The number of rotatable bonds is 4. The van der Waals surface area contributed by atoms with Crippen LogP contribution >= 0.6 is 15.9 Å². The fraction of sp³-hybridized carbons (Fsp3) is 0.417. The maximum absolute atomic E-state index is 10.8. The van der Waals surface area contributed by atoms with E-state index in [9.17, 15) is 4.79 Å². The van der Waals surface area contributed by atoms with Gasteiger partial charge in [-0.25, -0.2) is 0 Å². The summed E-state index contributed by atoms with van der Waals surface area (Å²) in [5.74, 6) is 0.0401. The van der Waals surface area contributed by atoms with Gasteiger partial charge >= 0.3 is 0 Å². The summed E-state index contributed by atoms with van der Waals surface area (Å²) in [4.78, 5) is 10.8. The molecule has 82 valence electrons. The Balaban J connectivity index is 2.36. The molecule has 1 aromatic carbocycles. The van der Waals surface area contributed by atoms with Crippen molar-refractivity contribution in [2.45, 2.75) is 32.7 Å². The number of halogens is 1. The fourth-order valence-electron chi connectivity index (χ4n) is 1.45. The van der Waals surface area contributed by atoms with Gasteiger partial charge in [-0.1, -0.05) is 28.1 Å². The SMILES string of the molecule is CC(=O)NC(C)CCc1ccc(Br)cc1. The molecule has 0 aliphatic rings. The number of nitrogens with one attached hydrogen (secondary N) is 1. The smallest absolute Gasteiger partial charge is 0.217 e. The van der Waals surface area contributed by atoms with Gasteiger partial charge in [0.15, 0.2) is 0 Å². The van der Waals surface area contributed by atoms with Crippen molar-refractivity contribution in [3.05, 3.63) is 34.3 Å². The van der Waals surface area contributed by atoms with Crippen molar-refractivity contribution in [2.24, 2.45) is 0 Å². The van der Waals surface area contributed by atoms with Gasteiger partial charge in [0.1, 0.15) is 0 Å². The number of aryl methyl sites for hydroxylation is 1. The van der Waals surface area contributed by atoms with Crippen molar-refractivity contribution in [2.75, 3.05) is 0 Å². The summed E-state index contributed by atoms with van der Waals surface area (Å²) in [7, 11) is 0. The van der Waals surface area contributed by atoms with Gasteiger partial charge in [-0.05, 0) is 37.5 Å². The highest BCUT2D eigenvalue weighted by atomic mass is 79.9. The zero-order valence-corrected chi connectivity index (χ0v) is 10.7. The van der Waals surface area contributed by atoms with Crippen molar-refractivity contribution in [3.63, 3.8) is 0 Å². The molecule has 3 heteroatoms. The van der Waals surface area contributed by atoms with Crippen molar-refractivity contribution in [1.29, 1.82) is 0 Å². The molecule has 15 heavy (non-hydrogen) atoms. The maximum atomic E-state index is 10.8. The Morgan fingerprint density at radius 2 is 2.00 bits per heavy atom. The molecule has 1 atom stereocenters. The molecule has 1 amide bonds. The summed E-state index contributed by atoms with van der Waals surface area (Å²) in [6.45, 7) is 3.58. The molecule has 0 aliphatic carbocycles. The molecule has 0 bridgehead atoms. The van der Waals surface area contributed by atoms with Gasteiger partial charge < -0.3 is 5.32 Å². The number of benzene rings is 1. The average Bonchev–Trinajstić information content (AvgIpc) is 2.16. The Kier molecular flexibility index (Phi) is 4.82. The lowest BCUT2D eigenvalue weighted by atomic mass is 10.1. The van der Waals surface area contributed by atoms with Crippen molar-refractivity contribution >= 4 is 21.8 Å². The topological polar surface area (TPSA) is 29.1 Å². The number of hydrogen-bond donors (Lipinski definition) is 1. The molecule has 0 spiro atoms. The van der Waals surface area contributed by atoms with E-state index in [0.29, 0.717) is 0 Å². The minimum atomic E-state index is 0.0401. The molecule has 0 heterocycles. The lowest BCUT2D eigenvalue weighted by Gasteiger charge is -2.11. The van der Waals surface area contributed by atoms with Crippen LogP contribution in [0.3, 0.4) is 0 Å². The summed E-state index contributed by atoms with van der Waals surface area (Å²) in [6.07, 6.45) is 1.97. The highest BCUT2D eigenvalue weighted by Crippen LogP contribution is 2.12. The zero-order valence-electron chi connectivity index (χ0n) is 9.09. The molecule has 1 N–H and O–H groups in total. The fourth-order valence-corrected chi connectivity index (χ4v) is 1.72. The minimum Gasteiger partial charge on any atom is -0.354 e. The van der Waals surface area contributed by atoms with Gasteiger partial charge in [0.2, 0.25) is 5.91 Å². The molecule has 0 aromatic heterocycles. The van der Waals surface area contributed by atoms with Crippen LogP contribution in [0.1, 0.15) is 25.8 Å². The van der Waals surface area contributed by atoms with Crippen LogP contribution in [-0.2, 0) is 11.2 Å². The highest BCUT2D eigenvalue weighted by molar-refractivity contribution is 9.10. The van der Waals surface area contributed by atoms with Crippen LogP contribution in [0, 0.1) is 0 Å². The Bertz CT molecular complexity index is 321. The second-order valence-electron chi connectivity index (χ2n) is 3.77. The molecule has 0 fully saturated rings. The second-order valence-corrected chi connectivity index (χ2v) is 4.68. The first kappa shape index (κ1) is 12.2. The van der Waals surface area contributed by atoms with Gasteiger partial charge in [-0.3, -0.25) is 4.79 Å². The standard InChI is InChI=1S/C12H16BrNO/c1-9(14-10(2)15)3-4-11-5-7-12(13)8-6-11/h5-9H,3-4H2,1-2H3,(H,14,15). The van der Waals surface area contributed by atoms with Crippen LogP contribution in [0.2, 0.25) is 0 Å². The Hall–Kier alpha value is -0.830. The predicted octanol–water partition coefficient (Wildman–Crippen LogP) is 2.91. The first-order chi connectivity index (χ1) is 7.08. The van der Waals surface area contributed by atoms with Crippen LogP contribution in [0.25, 0.3) is 0 Å². The van der Waals surface area contributed by atoms with Crippen molar-refractivity contribution in [1.82, 2.24) is 5.32 Å². The lowest BCUT2D eigenvalue weighted by Crippen LogP contribution is -2.30. The van der Waals surface area contributed by atoms with E-state index in [0.717, 1.165) is 17.3 Å². The van der Waals surface area contributed by atoms with E-state index in [2.05, 4.69) is 33.4 Å². The third kappa shape index (κ3) is 4.98. The van der Waals surface area contributed by atoms with Crippen molar-refractivity contribution < 1.29 is 4.79 Å². The molecule has 2 nitrogen and oxygen atoms in total. The molecule has 1 unspecified atom stereocenters. The first-order valence-corrected chi connectivity index (χ1v) is 5.89. The normalized spacial score (nSPS) is 12.2. The highest BCUT2D eigenvalue weighted by Gasteiger charge is 2.03. The lowest BCUT2D eigenvalue weighted by molar-refractivity contribution is -0.119. The monoisotopic (exact) mass is 269 g/mol.